The number of carbonyl (C=O) groups is 1. The van der Waals surface area contributed by atoms with Gasteiger partial charge in [-0.05, 0) is 18.2 Å². The zero-order valence-corrected chi connectivity index (χ0v) is 13.0. The minimum atomic E-state index is -0.0249. The summed E-state index contributed by atoms with van der Waals surface area (Å²) in [5.74, 6) is 2.94. The van der Waals surface area contributed by atoms with Gasteiger partial charge in [-0.3, -0.25) is 4.79 Å². The van der Waals surface area contributed by atoms with Gasteiger partial charge in [0.2, 0.25) is 12.7 Å². The average molecular weight is 315 g/mol. The van der Waals surface area contributed by atoms with E-state index in [1.807, 2.05) is 13.8 Å². The number of hydrogen-bond acceptors (Lipinski definition) is 6. The third-order valence-electron chi connectivity index (χ3n) is 4.11. The lowest BCUT2D eigenvalue weighted by molar-refractivity contribution is 0.0569. The number of aromatic nitrogens is 2. The molecule has 1 saturated heterocycles. The highest BCUT2D eigenvalue weighted by Crippen LogP contribution is 2.34. The minimum Gasteiger partial charge on any atom is -0.454 e. The maximum atomic E-state index is 12.5. The largest absolute Gasteiger partial charge is 0.454 e. The van der Waals surface area contributed by atoms with Gasteiger partial charge in [-0.15, -0.1) is 0 Å². The van der Waals surface area contributed by atoms with Gasteiger partial charge in [0.05, 0.1) is 5.92 Å². The average Bonchev–Trinajstić information content (AvgIpc) is 3.13. The molecule has 23 heavy (non-hydrogen) atoms. The molecule has 3 heterocycles. The van der Waals surface area contributed by atoms with Crippen molar-refractivity contribution in [3.63, 3.8) is 0 Å². The summed E-state index contributed by atoms with van der Waals surface area (Å²) in [4.78, 5) is 18.6. The smallest absolute Gasteiger partial charge is 0.254 e. The van der Waals surface area contributed by atoms with Gasteiger partial charge < -0.3 is 18.9 Å². The van der Waals surface area contributed by atoms with Crippen molar-refractivity contribution in [1.29, 1.82) is 0 Å². The standard InChI is InChI=1S/C16H17N3O4/c1-9(2)14-17-15(23-18-14)11-6-19(7-11)16(20)10-3-4-12-13(5-10)22-8-21-12/h3-5,9,11H,6-8H2,1-2H3. The van der Waals surface area contributed by atoms with Gasteiger partial charge in [-0.25, -0.2) is 0 Å². The molecule has 1 fully saturated rings. The molecule has 0 N–H and O–H groups in total. The van der Waals surface area contributed by atoms with Crippen LogP contribution >= 0.6 is 0 Å². The predicted octanol–water partition coefficient (Wildman–Crippen LogP) is 2.16. The van der Waals surface area contributed by atoms with E-state index in [0.717, 1.165) is 0 Å². The van der Waals surface area contributed by atoms with Crippen LogP contribution in [0.5, 0.6) is 11.5 Å². The van der Waals surface area contributed by atoms with Crippen molar-refractivity contribution >= 4 is 5.91 Å². The molecule has 0 bridgehead atoms. The molecule has 0 radical (unpaired) electrons. The van der Waals surface area contributed by atoms with E-state index in [-0.39, 0.29) is 24.5 Å². The molecule has 0 spiro atoms. The predicted molar refractivity (Wildman–Crippen MR) is 79.6 cm³/mol. The fourth-order valence-corrected chi connectivity index (χ4v) is 2.66. The van der Waals surface area contributed by atoms with Crippen LogP contribution in [0.4, 0.5) is 0 Å². The summed E-state index contributed by atoms with van der Waals surface area (Å²) in [6.07, 6.45) is 0. The van der Waals surface area contributed by atoms with E-state index in [4.69, 9.17) is 14.0 Å². The lowest BCUT2D eigenvalue weighted by atomic mass is 9.98. The second-order valence-electron chi connectivity index (χ2n) is 6.12. The van der Waals surface area contributed by atoms with Gasteiger partial charge in [-0.1, -0.05) is 19.0 Å². The molecule has 0 saturated carbocycles. The molecular formula is C16H17N3O4. The van der Waals surface area contributed by atoms with Crippen LogP contribution in [0.15, 0.2) is 22.7 Å². The number of carbonyl (C=O) groups excluding carboxylic acids is 1. The van der Waals surface area contributed by atoms with Crippen molar-refractivity contribution < 1.29 is 18.8 Å². The Labute approximate surface area is 133 Å². The van der Waals surface area contributed by atoms with Crippen molar-refractivity contribution in [2.75, 3.05) is 19.9 Å². The maximum Gasteiger partial charge on any atom is 0.254 e. The van der Waals surface area contributed by atoms with E-state index in [1.54, 1.807) is 23.1 Å². The molecule has 120 valence electrons. The third kappa shape index (κ3) is 2.42. The molecule has 7 heteroatoms. The second-order valence-corrected chi connectivity index (χ2v) is 6.12. The molecule has 0 unspecified atom stereocenters. The lowest BCUT2D eigenvalue weighted by Crippen LogP contribution is -2.48. The fraction of sp³-hybridized carbons (Fsp3) is 0.438. The summed E-state index contributed by atoms with van der Waals surface area (Å²) in [6, 6.07) is 5.24. The van der Waals surface area contributed by atoms with Crippen molar-refractivity contribution in [2.24, 2.45) is 0 Å². The molecule has 4 rings (SSSR count). The Morgan fingerprint density at radius 1 is 1.26 bits per heavy atom. The fourth-order valence-electron chi connectivity index (χ4n) is 2.66. The Balaban J connectivity index is 1.42. The number of ether oxygens (including phenoxy) is 2. The summed E-state index contributed by atoms with van der Waals surface area (Å²) in [5.41, 5.74) is 0.598. The maximum absolute atomic E-state index is 12.5. The molecular weight excluding hydrogens is 298 g/mol. The van der Waals surface area contributed by atoms with Crippen LogP contribution in [-0.2, 0) is 0 Å². The summed E-state index contributed by atoms with van der Waals surface area (Å²) in [7, 11) is 0. The second kappa shape index (κ2) is 5.26. The van der Waals surface area contributed by atoms with Crippen LogP contribution in [0.3, 0.4) is 0 Å². The highest BCUT2D eigenvalue weighted by atomic mass is 16.7. The number of rotatable bonds is 3. The lowest BCUT2D eigenvalue weighted by Gasteiger charge is -2.37. The molecule has 1 aromatic heterocycles. The van der Waals surface area contributed by atoms with Crippen molar-refractivity contribution in [3.8, 4) is 11.5 Å². The number of nitrogens with zero attached hydrogens (tertiary/aromatic N) is 3. The molecule has 2 aliphatic heterocycles. The van der Waals surface area contributed by atoms with Gasteiger partial charge in [0.25, 0.3) is 5.91 Å². The Morgan fingerprint density at radius 3 is 2.78 bits per heavy atom. The minimum absolute atomic E-state index is 0.0249. The number of hydrogen-bond donors (Lipinski definition) is 0. The van der Waals surface area contributed by atoms with Crippen molar-refractivity contribution in [2.45, 2.75) is 25.7 Å². The summed E-state index contributed by atoms with van der Waals surface area (Å²) >= 11 is 0. The van der Waals surface area contributed by atoms with E-state index in [9.17, 15) is 4.79 Å². The number of benzene rings is 1. The molecule has 0 atom stereocenters. The first-order valence-electron chi connectivity index (χ1n) is 7.64. The van der Waals surface area contributed by atoms with Gasteiger partial charge >= 0.3 is 0 Å². The normalized spacial score (nSPS) is 16.7. The number of amides is 1. The molecule has 7 nitrogen and oxygen atoms in total. The van der Waals surface area contributed by atoms with E-state index < -0.39 is 0 Å². The number of likely N-dealkylation sites (tertiary alicyclic amines) is 1. The highest BCUT2D eigenvalue weighted by Gasteiger charge is 2.36. The Bertz CT molecular complexity index is 750. The summed E-state index contributed by atoms with van der Waals surface area (Å²) < 4.78 is 15.9. The Kier molecular flexibility index (Phi) is 3.21. The molecule has 0 aliphatic carbocycles. The SMILES string of the molecule is CC(C)c1noc(C2CN(C(=O)c3ccc4c(c3)OCO4)C2)n1. The zero-order valence-electron chi connectivity index (χ0n) is 13.0. The van der Waals surface area contributed by atoms with Crippen molar-refractivity contribution in [1.82, 2.24) is 15.0 Å². The molecule has 2 aromatic rings. The zero-order chi connectivity index (χ0) is 16.0. The van der Waals surface area contributed by atoms with Gasteiger partial charge in [0.15, 0.2) is 17.3 Å². The van der Waals surface area contributed by atoms with Gasteiger partial charge in [0, 0.05) is 24.6 Å². The van der Waals surface area contributed by atoms with E-state index in [2.05, 4.69) is 10.1 Å². The number of fused-ring (bicyclic) bond motifs is 1. The van der Waals surface area contributed by atoms with E-state index in [0.29, 0.717) is 41.9 Å². The molecule has 2 aliphatic rings. The van der Waals surface area contributed by atoms with E-state index in [1.165, 1.54) is 0 Å². The van der Waals surface area contributed by atoms with Crippen LogP contribution < -0.4 is 9.47 Å². The van der Waals surface area contributed by atoms with E-state index >= 15 is 0 Å². The third-order valence-corrected chi connectivity index (χ3v) is 4.11. The molecule has 1 amide bonds. The first-order chi connectivity index (χ1) is 11.1. The monoisotopic (exact) mass is 315 g/mol. The Morgan fingerprint density at radius 2 is 2.04 bits per heavy atom. The summed E-state index contributed by atoms with van der Waals surface area (Å²) in [6.45, 7) is 5.42. The molecule has 1 aromatic carbocycles. The Hall–Kier alpha value is -2.57. The van der Waals surface area contributed by atoms with Gasteiger partial charge in [-0.2, -0.15) is 4.98 Å². The highest BCUT2D eigenvalue weighted by molar-refractivity contribution is 5.95. The quantitative estimate of drug-likeness (QED) is 0.864. The topological polar surface area (TPSA) is 77.7 Å². The first kappa shape index (κ1) is 14.0. The van der Waals surface area contributed by atoms with Crippen LogP contribution in [0.2, 0.25) is 0 Å². The van der Waals surface area contributed by atoms with Crippen LogP contribution in [0.25, 0.3) is 0 Å². The van der Waals surface area contributed by atoms with Crippen LogP contribution in [0.1, 0.15) is 47.8 Å². The van der Waals surface area contributed by atoms with Crippen LogP contribution in [-0.4, -0.2) is 40.8 Å². The first-order valence-corrected chi connectivity index (χ1v) is 7.64. The summed E-state index contributed by atoms with van der Waals surface area (Å²) in [5, 5.41) is 3.97. The van der Waals surface area contributed by atoms with Crippen LogP contribution in [0, 0.1) is 0 Å². The van der Waals surface area contributed by atoms with Crippen molar-refractivity contribution in [3.05, 3.63) is 35.5 Å². The van der Waals surface area contributed by atoms with Gasteiger partial charge in [0.1, 0.15) is 0 Å².